The minimum absolute atomic E-state index is 0.106. The van der Waals surface area contributed by atoms with E-state index in [0.29, 0.717) is 17.3 Å². The number of hydrogen-bond acceptors (Lipinski definition) is 1. The van der Waals surface area contributed by atoms with Crippen LogP contribution >= 0.6 is 0 Å². The maximum absolute atomic E-state index is 11.1. The summed E-state index contributed by atoms with van der Waals surface area (Å²) in [6.45, 7) is 9.64. The van der Waals surface area contributed by atoms with Gasteiger partial charge in [-0.2, -0.15) is 0 Å². The van der Waals surface area contributed by atoms with Gasteiger partial charge >= 0.3 is 0 Å². The first kappa shape index (κ1) is 12.5. The van der Waals surface area contributed by atoms with Gasteiger partial charge in [0, 0.05) is 5.54 Å². The number of hydrogen-bond donors (Lipinski definition) is 1. The smallest absolute Gasteiger partial charge is 0.207 e. The van der Waals surface area contributed by atoms with Crippen LogP contribution in [0.25, 0.3) is 0 Å². The van der Waals surface area contributed by atoms with Gasteiger partial charge in [-0.1, -0.05) is 27.7 Å². The topological polar surface area (TPSA) is 29.1 Å². The second-order valence-electron chi connectivity index (χ2n) is 7.78. The molecule has 0 aromatic heterocycles. The van der Waals surface area contributed by atoms with E-state index in [1.54, 1.807) is 0 Å². The van der Waals surface area contributed by atoms with Gasteiger partial charge in [-0.25, -0.2) is 0 Å². The monoisotopic (exact) mass is 249 g/mol. The van der Waals surface area contributed by atoms with Gasteiger partial charge in [0.15, 0.2) is 0 Å². The highest BCUT2D eigenvalue weighted by atomic mass is 16.1. The molecule has 0 aliphatic heterocycles. The van der Waals surface area contributed by atoms with Crippen molar-refractivity contribution in [3.05, 3.63) is 0 Å². The molecule has 0 bridgehead atoms. The predicted molar refractivity (Wildman–Crippen MR) is 73.0 cm³/mol. The highest BCUT2D eigenvalue weighted by Crippen LogP contribution is 2.71. The maximum Gasteiger partial charge on any atom is 0.207 e. The third-order valence-corrected chi connectivity index (χ3v) is 6.86. The number of amides is 1. The quantitative estimate of drug-likeness (QED) is 0.748. The molecule has 6 atom stereocenters. The van der Waals surface area contributed by atoms with Crippen molar-refractivity contribution in [2.75, 3.05) is 0 Å². The summed E-state index contributed by atoms with van der Waals surface area (Å²) in [5.41, 5.74) is 0.619. The fraction of sp³-hybridized carbons (Fsp3) is 0.938. The zero-order chi connectivity index (χ0) is 13.1. The van der Waals surface area contributed by atoms with E-state index in [0.717, 1.165) is 24.2 Å². The summed E-state index contributed by atoms with van der Waals surface area (Å²) >= 11 is 0. The molecular formula is C16H27NO. The summed E-state index contributed by atoms with van der Waals surface area (Å²) in [6.07, 6.45) is 6.10. The first-order valence-corrected chi connectivity index (χ1v) is 7.66. The summed E-state index contributed by atoms with van der Waals surface area (Å²) in [7, 11) is 0. The average molecular weight is 249 g/mol. The molecule has 0 spiro atoms. The molecule has 102 valence electrons. The average Bonchev–Trinajstić information content (AvgIpc) is 2.73. The van der Waals surface area contributed by atoms with Crippen LogP contribution in [-0.2, 0) is 4.79 Å². The standard InChI is InChI=1S/C16H27NO/c1-10-7-8-16(17-9-18)11(2)5-6-12-14(13(10)16)15(12,3)4/h9-14H,5-8H2,1-4H3,(H,17,18). The molecule has 3 aliphatic rings. The fourth-order valence-corrected chi connectivity index (χ4v) is 5.73. The van der Waals surface area contributed by atoms with Crippen LogP contribution in [0.5, 0.6) is 0 Å². The lowest BCUT2D eigenvalue weighted by Crippen LogP contribution is -2.54. The van der Waals surface area contributed by atoms with Gasteiger partial charge in [0.1, 0.15) is 0 Å². The van der Waals surface area contributed by atoms with Crippen LogP contribution in [0, 0.1) is 35.0 Å². The van der Waals surface area contributed by atoms with Crippen LogP contribution in [0.4, 0.5) is 0 Å². The number of nitrogens with one attached hydrogen (secondary N) is 1. The van der Waals surface area contributed by atoms with E-state index in [1.807, 2.05) is 0 Å². The lowest BCUT2D eigenvalue weighted by Gasteiger charge is -2.42. The molecule has 0 aromatic carbocycles. The predicted octanol–water partition coefficient (Wildman–Crippen LogP) is 3.22. The molecule has 2 nitrogen and oxygen atoms in total. The van der Waals surface area contributed by atoms with Gasteiger partial charge in [-0.05, 0) is 60.7 Å². The lowest BCUT2D eigenvalue weighted by atomic mass is 9.71. The molecule has 1 N–H and O–H groups in total. The Morgan fingerprint density at radius 2 is 1.83 bits per heavy atom. The van der Waals surface area contributed by atoms with Crippen molar-refractivity contribution in [2.45, 2.75) is 58.9 Å². The van der Waals surface area contributed by atoms with Crippen molar-refractivity contribution in [1.82, 2.24) is 5.32 Å². The zero-order valence-electron chi connectivity index (χ0n) is 12.2. The van der Waals surface area contributed by atoms with E-state index in [2.05, 4.69) is 33.0 Å². The molecule has 3 aliphatic carbocycles. The first-order chi connectivity index (χ1) is 8.45. The highest BCUT2D eigenvalue weighted by Gasteiger charge is 2.68. The number of carbonyl (C=O) groups excluding carboxylic acids is 1. The third kappa shape index (κ3) is 1.38. The molecule has 0 aromatic rings. The minimum Gasteiger partial charge on any atom is -0.353 e. The van der Waals surface area contributed by atoms with Crippen molar-refractivity contribution < 1.29 is 4.79 Å². The van der Waals surface area contributed by atoms with E-state index >= 15 is 0 Å². The van der Waals surface area contributed by atoms with Crippen LogP contribution in [0.2, 0.25) is 0 Å². The molecule has 0 radical (unpaired) electrons. The number of carbonyl (C=O) groups is 1. The Morgan fingerprint density at radius 1 is 1.11 bits per heavy atom. The number of fused-ring (bicyclic) bond motifs is 3. The molecule has 18 heavy (non-hydrogen) atoms. The normalized spacial score (nSPS) is 53.0. The van der Waals surface area contributed by atoms with Crippen LogP contribution in [0.1, 0.15) is 53.4 Å². The Morgan fingerprint density at radius 3 is 2.50 bits per heavy atom. The highest BCUT2D eigenvalue weighted by molar-refractivity contribution is 5.49. The molecule has 3 saturated carbocycles. The van der Waals surface area contributed by atoms with Gasteiger partial charge in [0.25, 0.3) is 0 Å². The third-order valence-electron chi connectivity index (χ3n) is 6.86. The second-order valence-corrected chi connectivity index (χ2v) is 7.78. The summed E-state index contributed by atoms with van der Waals surface area (Å²) in [6, 6.07) is 0. The van der Waals surface area contributed by atoms with Crippen molar-refractivity contribution in [3.8, 4) is 0 Å². The van der Waals surface area contributed by atoms with E-state index in [9.17, 15) is 4.79 Å². The van der Waals surface area contributed by atoms with E-state index in [-0.39, 0.29) is 5.54 Å². The van der Waals surface area contributed by atoms with Crippen LogP contribution in [0.3, 0.4) is 0 Å². The van der Waals surface area contributed by atoms with Gasteiger partial charge in [-0.3, -0.25) is 4.79 Å². The summed E-state index contributed by atoms with van der Waals surface area (Å²) in [5.74, 6) is 3.86. The Bertz CT molecular complexity index is 364. The molecule has 2 heteroatoms. The molecule has 6 unspecified atom stereocenters. The van der Waals surface area contributed by atoms with E-state index in [1.165, 1.54) is 25.7 Å². The van der Waals surface area contributed by atoms with E-state index < -0.39 is 0 Å². The Labute approximate surface area is 111 Å². The van der Waals surface area contributed by atoms with Crippen LogP contribution in [-0.4, -0.2) is 11.9 Å². The summed E-state index contributed by atoms with van der Waals surface area (Å²) in [4.78, 5) is 11.1. The SMILES string of the molecule is CC1CCC2(NC=O)C(C)CCC3C(C12)C3(C)C. The molecule has 1 amide bonds. The summed E-state index contributed by atoms with van der Waals surface area (Å²) < 4.78 is 0. The van der Waals surface area contributed by atoms with Crippen molar-refractivity contribution in [3.63, 3.8) is 0 Å². The Balaban J connectivity index is 2.00. The Hall–Kier alpha value is -0.530. The molecule has 0 saturated heterocycles. The van der Waals surface area contributed by atoms with Crippen LogP contribution < -0.4 is 5.32 Å². The van der Waals surface area contributed by atoms with E-state index in [4.69, 9.17) is 0 Å². The number of rotatable bonds is 2. The second kappa shape index (κ2) is 3.74. The van der Waals surface area contributed by atoms with Crippen molar-refractivity contribution >= 4 is 6.41 Å². The van der Waals surface area contributed by atoms with Gasteiger partial charge in [-0.15, -0.1) is 0 Å². The fourth-order valence-electron chi connectivity index (χ4n) is 5.73. The van der Waals surface area contributed by atoms with Gasteiger partial charge in [0.2, 0.25) is 6.41 Å². The van der Waals surface area contributed by atoms with Crippen LogP contribution in [0.15, 0.2) is 0 Å². The molecule has 0 heterocycles. The maximum atomic E-state index is 11.1. The van der Waals surface area contributed by atoms with Crippen molar-refractivity contribution in [2.24, 2.45) is 35.0 Å². The van der Waals surface area contributed by atoms with Crippen molar-refractivity contribution in [1.29, 1.82) is 0 Å². The zero-order valence-corrected chi connectivity index (χ0v) is 12.2. The van der Waals surface area contributed by atoms with Gasteiger partial charge in [0.05, 0.1) is 0 Å². The first-order valence-electron chi connectivity index (χ1n) is 7.66. The largest absolute Gasteiger partial charge is 0.353 e. The molecule has 3 fully saturated rings. The molecular weight excluding hydrogens is 222 g/mol. The lowest BCUT2D eigenvalue weighted by molar-refractivity contribution is -0.112. The van der Waals surface area contributed by atoms with Gasteiger partial charge < -0.3 is 5.32 Å². The molecule has 3 rings (SSSR count). The summed E-state index contributed by atoms with van der Waals surface area (Å²) in [5, 5.41) is 3.29. The Kier molecular flexibility index (Phi) is 2.60. The minimum atomic E-state index is 0.106.